The number of benzene rings is 2. The van der Waals surface area contributed by atoms with Crippen molar-refractivity contribution in [3.63, 3.8) is 0 Å². The first kappa shape index (κ1) is 12.4. The van der Waals surface area contributed by atoms with Crippen molar-refractivity contribution in [1.29, 1.82) is 0 Å². The summed E-state index contributed by atoms with van der Waals surface area (Å²) in [7, 11) is 1.71. The molecule has 5 nitrogen and oxygen atoms in total. The van der Waals surface area contributed by atoms with Crippen LogP contribution in [0.2, 0.25) is 0 Å². The third kappa shape index (κ3) is 1.95. The fraction of sp³-hybridized carbons (Fsp3) is 0.143. The van der Waals surface area contributed by atoms with E-state index < -0.39 is 5.82 Å². The van der Waals surface area contributed by atoms with Crippen LogP contribution in [0.15, 0.2) is 30.3 Å². The average molecular weight is 272 g/mol. The molecule has 1 aromatic heterocycles. The standard InChI is InChI=1S/C14H13FN4O/c1-8-7-9(16)3-5-11(8)20-12-6-4-10-14(13(12)15)17-18-19(10)2/h3-7H,16H2,1-2H3. The van der Waals surface area contributed by atoms with E-state index in [2.05, 4.69) is 10.3 Å². The van der Waals surface area contributed by atoms with Crippen molar-refractivity contribution in [3.05, 3.63) is 41.7 Å². The van der Waals surface area contributed by atoms with E-state index in [-0.39, 0.29) is 11.3 Å². The fourth-order valence-corrected chi connectivity index (χ4v) is 2.04. The molecule has 6 heteroatoms. The highest BCUT2D eigenvalue weighted by atomic mass is 19.1. The summed E-state index contributed by atoms with van der Waals surface area (Å²) in [6, 6.07) is 8.48. The summed E-state index contributed by atoms with van der Waals surface area (Å²) < 4.78 is 21.4. The van der Waals surface area contributed by atoms with E-state index in [1.165, 1.54) is 4.68 Å². The molecule has 1 heterocycles. The van der Waals surface area contributed by atoms with Crippen LogP contribution in [-0.4, -0.2) is 15.0 Å². The Balaban J connectivity index is 2.04. The lowest BCUT2D eigenvalue weighted by Gasteiger charge is -2.10. The Morgan fingerprint density at radius 3 is 2.70 bits per heavy atom. The lowest BCUT2D eigenvalue weighted by molar-refractivity contribution is 0.442. The van der Waals surface area contributed by atoms with Crippen LogP contribution >= 0.6 is 0 Å². The molecule has 0 aliphatic carbocycles. The zero-order chi connectivity index (χ0) is 14.3. The molecule has 0 amide bonds. The molecule has 0 saturated heterocycles. The van der Waals surface area contributed by atoms with Crippen LogP contribution in [0.5, 0.6) is 11.5 Å². The molecule has 0 spiro atoms. The van der Waals surface area contributed by atoms with Crippen LogP contribution in [0.3, 0.4) is 0 Å². The van der Waals surface area contributed by atoms with Crippen LogP contribution in [-0.2, 0) is 7.05 Å². The van der Waals surface area contributed by atoms with Crippen LogP contribution in [0, 0.1) is 12.7 Å². The maximum Gasteiger partial charge on any atom is 0.195 e. The van der Waals surface area contributed by atoms with Gasteiger partial charge in [0.05, 0.1) is 5.52 Å². The number of fused-ring (bicyclic) bond motifs is 1. The molecule has 0 saturated carbocycles. The Morgan fingerprint density at radius 1 is 1.20 bits per heavy atom. The van der Waals surface area contributed by atoms with E-state index in [0.717, 1.165) is 5.56 Å². The van der Waals surface area contributed by atoms with E-state index >= 15 is 0 Å². The van der Waals surface area contributed by atoms with Crippen molar-refractivity contribution in [1.82, 2.24) is 15.0 Å². The summed E-state index contributed by atoms with van der Waals surface area (Å²) in [6.45, 7) is 1.85. The predicted octanol–water partition coefficient (Wildman–Crippen LogP) is 2.79. The number of nitrogens with two attached hydrogens (primary N) is 1. The van der Waals surface area contributed by atoms with Crippen molar-refractivity contribution in [2.45, 2.75) is 6.92 Å². The summed E-state index contributed by atoms with van der Waals surface area (Å²) in [6.07, 6.45) is 0. The van der Waals surface area contributed by atoms with Gasteiger partial charge in [-0.05, 0) is 42.8 Å². The second kappa shape index (κ2) is 4.48. The summed E-state index contributed by atoms with van der Waals surface area (Å²) >= 11 is 0. The molecule has 102 valence electrons. The molecular weight excluding hydrogens is 259 g/mol. The summed E-state index contributed by atoms with van der Waals surface area (Å²) in [5.74, 6) is 0.152. The predicted molar refractivity (Wildman–Crippen MR) is 74.1 cm³/mol. The van der Waals surface area contributed by atoms with Gasteiger partial charge in [-0.3, -0.25) is 0 Å². The monoisotopic (exact) mass is 272 g/mol. The lowest BCUT2D eigenvalue weighted by atomic mass is 10.2. The first-order chi connectivity index (χ1) is 9.56. The van der Waals surface area contributed by atoms with Gasteiger partial charge in [0.25, 0.3) is 0 Å². The maximum absolute atomic E-state index is 14.3. The van der Waals surface area contributed by atoms with Crippen molar-refractivity contribution >= 4 is 16.7 Å². The summed E-state index contributed by atoms with van der Waals surface area (Å²) in [4.78, 5) is 0. The lowest BCUT2D eigenvalue weighted by Crippen LogP contribution is -1.94. The van der Waals surface area contributed by atoms with Gasteiger partial charge in [-0.25, -0.2) is 9.07 Å². The Morgan fingerprint density at radius 2 is 1.95 bits per heavy atom. The molecule has 3 aromatic rings. The average Bonchev–Trinajstić information content (AvgIpc) is 2.78. The number of nitrogens with zero attached hydrogens (tertiary/aromatic N) is 3. The van der Waals surface area contributed by atoms with E-state index in [0.29, 0.717) is 17.0 Å². The third-order valence-corrected chi connectivity index (χ3v) is 3.11. The number of nitrogen functional groups attached to an aromatic ring is 1. The van der Waals surface area contributed by atoms with Crippen LogP contribution < -0.4 is 10.5 Å². The number of aryl methyl sites for hydroxylation is 2. The Kier molecular flexibility index (Phi) is 2.78. The topological polar surface area (TPSA) is 66.0 Å². The van der Waals surface area contributed by atoms with Crippen molar-refractivity contribution in [3.8, 4) is 11.5 Å². The minimum absolute atomic E-state index is 0.117. The maximum atomic E-state index is 14.3. The normalized spacial score (nSPS) is 10.9. The van der Waals surface area contributed by atoms with Crippen molar-refractivity contribution < 1.29 is 9.13 Å². The van der Waals surface area contributed by atoms with Gasteiger partial charge in [-0.1, -0.05) is 5.21 Å². The van der Waals surface area contributed by atoms with Gasteiger partial charge in [0, 0.05) is 12.7 Å². The van der Waals surface area contributed by atoms with E-state index in [1.807, 2.05) is 6.92 Å². The number of anilines is 1. The number of aromatic nitrogens is 3. The van der Waals surface area contributed by atoms with Crippen LogP contribution in [0.1, 0.15) is 5.56 Å². The zero-order valence-corrected chi connectivity index (χ0v) is 11.1. The van der Waals surface area contributed by atoms with Gasteiger partial charge in [0.2, 0.25) is 0 Å². The molecule has 0 fully saturated rings. The molecule has 0 bridgehead atoms. The van der Waals surface area contributed by atoms with Crippen LogP contribution in [0.25, 0.3) is 11.0 Å². The number of rotatable bonds is 2. The van der Waals surface area contributed by atoms with Gasteiger partial charge in [-0.2, -0.15) is 0 Å². The highest BCUT2D eigenvalue weighted by molar-refractivity contribution is 5.77. The highest BCUT2D eigenvalue weighted by Crippen LogP contribution is 2.31. The first-order valence-electron chi connectivity index (χ1n) is 6.08. The van der Waals surface area contributed by atoms with Crippen LogP contribution in [0.4, 0.5) is 10.1 Å². The number of hydrogen-bond acceptors (Lipinski definition) is 4. The summed E-state index contributed by atoms with van der Waals surface area (Å²) in [5.41, 5.74) is 7.96. The molecule has 2 N–H and O–H groups in total. The molecule has 0 aliphatic heterocycles. The molecule has 2 aromatic carbocycles. The molecule has 20 heavy (non-hydrogen) atoms. The van der Waals surface area contributed by atoms with Gasteiger partial charge in [0.15, 0.2) is 17.1 Å². The molecule has 0 unspecified atom stereocenters. The quantitative estimate of drug-likeness (QED) is 0.728. The number of ether oxygens (including phenoxy) is 1. The number of hydrogen-bond donors (Lipinski definition) is 1. The van der Waals surface area contributed by atoms with Gasteiger partial charge < -0.3 is 10.5 Å². The van der Waals surface area contributed by atoms with Gasteiger partial charge in [-0.15, -0.1) is 5.10 Å². The molecule has 3 rings (SSSR count). The fourth-order valence-electron chi connectivity index (χ4n) is 2.04. The van der Waals surface area contributed by atoms with Crippen molar-refractivity contribution in [2.75, 3.05) is 5.73 Å². The second-order valence-corrected chi connectivity index (χ2v) is 4.59. The Labute approximate surface area is 114 Å². The SMILES string of the molecule is Cc1cc(N)ccc1Oc1ccc2c(nnn2C)c1F. The molecule has 0 atom stereocenters. The Bertz CT molecular complexity index is 797. The van der Waals surface area contributed by atoms with E-state index in [1.54, 1.807) is 37.4 Å². The largest absolute Gasteiger partial charge is 0.454 e. The Hall–Kier alpha value is -2.63. The minimum Gasteiger partial charge on any atom is -0.454 e. The first-order valence-corrected chi connectivity index (χ1v) is 6.08. The summed E-state index contributed by atoms with van der Waals surface area (Å²) in [5, 5.41) is 7.58. The van der Waals surface area contributed by atoms with Gasteiger partial charge >= 0.3 is 0 Å². The minimum atomic E-state index is -0.521. The molecular formula is C14H13FN4O. The third-order valence-electron chi connectivity index (χ3n) is 3.11. The zero-order valence-electron chi connectivity index (χ0n) is 11.1. The van der Waals surface area contributed by atoms with Gasteiger partial charge in [0.1, 0.15) is 5.75 Å². The molecule has 0 radical (unpaired) electrons. The molecule has 0 aliphatic rings. The van der Waals surface area contributed by atoms with E-state index in [9.17, 15) is 4.39 Å². The van der Waals surface area contributed by atoms with E-state index in [4.69, 9.17) is 10.5 Å². The second-order valence-electron chi connectivity index (χ2n) is 4.59. The van der Waals surface area contributed by atoms with Crippen molar-refractivity contribution in [2.24, 2.45) is 7.05 Å². The number of halogens is 1. The highest BCUT2D eigenvalue weighted by Gasteiger charge is 2.14. The smallest absolute Gasteiger partial charge is 0.195 e.